The normalized spacial score (nSPS) is 12.8. The number of benzene rings is 1. The lowest BCUT2D eigenvalue weighted by Crippen LogP contribution is -2.35. The highest BCUT2D eigenvalue weighted by molar-refractivity contribution is 6.01. The second kappa shape index (κ2) is 5.17. The van der Waals surface area contributed by atoms with E-state index in [0.29, 0.717) is 18.7 Å². The van der Waals surface area contributed by atoms with Crippen LogP contribution in [0.15, 0.2) is 12.1 Å². The van der Waals surface area contributed by atoms with Gasteiger partial charge >= 0.3 is 0 Å². The lowest BCUT2D eigenvalue weighted by molar-refractivity contribution is -0.119. The van der Waals surface area contributed by atoms with Gasteiger partial charge in [0.25, 0.3) is 0 Å². The zero-order valence-corrected chi connectivity index (χ0v) is 11.1. The van der Waals surface area contributed by atoms with Gasteiger partial charge in [-0.2, -0.15) is 0 Å². The molecule has 19 heavy (non-hydrogen) atoms. The molecule has 2 rings (SSSR count). The largest absolute Gasteiger partial charge is 0.397 e. The molecule has 2 amide bonds. The van der Waals surface area contributed by atoms with E-state index in [-0.39, 0.29) is 18.4 Å². The number of nitrogens with one attached hydrogen (secondary N) is 2. The molecule has 0 atom stereocenters. The Morgan fingerprint density at radius 2 is 2.26 bits per heavy atom. The number of hydrogen-bond donors (Lipinski definition) is 3. The molecule has 0 aromatic heterocycles. The molecule has 0 fully saturated rings. The predicted molar refractivity (Wildman–Crippen MR) is 75.1 cm³/mol. The van der Waals surface area contributed by atoms with Gasteiger partial charge in [-0.3, -0.25) is 9.59 Å². The molecule has 4 N–H and O–H groups in total. The summed E-state index contributed by atoms with van der Waals surface area (Å²) in [4.78, 5) is 24.7. The highest BCUT2D eigenvalue weighted by Crippen LogP contribution is 2.33. The Balaban J connectivity index is 2.19. The first-order valence-corrected chi connectivity index (χ1v) is 6.21. The summed E-state index contributed by atoms with van der Waals surface area (Å²) < 4.78 is 0. The number of amides is 2. The maximum atomic E-state index is 11.6. The van der Waals surface area contributed by atoms with Crippen molar-refractivity contribution in [1.82, 2.24) is 5.32 Å². The molecule has 0 radical (unpaired) electrons. The molecule has 6 nitrogen and oxygen atoms in total. The SMILES string of the molecule is CCNC(=O)CN(C)c1cc2c(cc1N)CC(=O)N2. The number of nitrogen functional groups attached to an aromatic ring is 1. The Morgan fingerprint density at radius 3 is 2.95 bits per heavy atom. The monoisotopic (exact) mass is 262 g/mol. The van der Waals surface area contributed by atoms with Gasteiger partial charge in [-0.05, 0) is 24.6 Å². The fraction of sp³-hybridized carbons (Fsp3) is 0.385. The molecule has 0 saturated heterocycles. The number of hydrogen-bond acceptors (Lipinski definition) is 4. The van der Waals surface area contributed by atoms with Gasteiger partial charge in [0, 0.05) is 19.3 Å². The van der Waals surface area contributed by atoms with Crippen LogP contribution in [0.2, 0.25) is 0 Å². The first kappa shape index (κ1) is 13.2. The van der Waals surface area contributed by atoms with Gasteiger partial charge in [0.05, 0.1) is 24.3 Å². The van der Waals surface area contributed by atoms with E-state index in [1.807, 2.05) is 13.0 Å². The minimum atomic E-state index is -0.0612. The molecule has 102 valence electrons. The van der Waals surface area contributed by atoms with Gasteiger partial charge in [0.15, 0.2) is 0 Å². The lowest BCUT2D eigenvalue weighted by atomic mass is 10.1. The number of nitrogens with two attached hydrogens (primary N) is 1. The van der Waals surface area contributed by atoms with Gasteiger partial charge in [0.1, 0.15) is 0 Å². The third kappa shape index (κ3) is 2.78. The van der Waals surface area contributed by atoms with Crippen LogP contribution in [-0.2, 0) is 16.0 Å². The number of carbonyl (C=O) groups is 2. The first-order valence-electron chi connectivity index (χ1n) is 6.21. The summed E-state index contributed by atoms with van der Waals surface area (Å²) in [6, 6.07) is 3.60. The van der Waals surface area contributed by atoms with Gasteiger partial charge in [-0.15, -0.1) is 0 Å². The van der Waals surface area contributed by atoms with E-state index < -0.39 is 0 Å². The highest BCUT2D eigenvalue weighted by Gasteiger charge is 2.20. The fourth-order valence-corrected chi connectivity index (χ4v) is 2.17. The lowest BCUT2D eigenvalue weighted by Gasteiger charge is -2.21. The van der Waals surface area contributed by atoms with Crippen molar-refractivity contribution in [2.24, 2.45) is 0 Å². The summed E-state index contributed by atoms with van der Waals surface area (Å²) >= 11 is 0. The molecule has 1 aromatic rings. The Morgan fingerprint density at radius 1 is 1.53 bits per heavy atom. The number of rotatable bonds is 4. The van der Waals surface area contributed by atoms with Crippen LogP contribution >= 0.6 is 0 Å². The van der Waals surface area contributed by atoms with Crippen molar-refractivity contribution in [1.29, 1.82) is 0 Å². The summed E-state index contributed by atoms with van der Waals surface area (Å²) in [6.45, 7) is 2.70. The topological polar surface area (TPSA) is 87.5 Å². The van der Waals surface area contributed by atoms with Crippen LogP contribution in [-0.4, -0.2) is 32.0 Å². The molecule has 0 aliphatic carbocycles. The highest BCUT2D eigenvalue weighted by atomic mass is 16.2. The molecule has 1 aromatic carbocycles. The summed E-state index contributed by atoms with van der Waals surface area (Å²) in [7, 11) is 1.80. The van der Waals surface area contributed by atoms with E-state index in [0.717, 1.165) is 16.9 Å². The van der Waals surface area contributed by atoms with Gasteiger partial charge in [-0.1, -0.05) is 0 Å². The summed E-state index contributed by atoms with van der Waals surface area (Å²) in [5.74, 6) is -0.0909. The Kier molecular flexibility index (Phi) is 3.59. The number of nitrogens with zero attached hydrogens (tertiary/aromatic N) is 1. The summed E-state index contributed by atoms with van der Waals surface area (Å²) in [6.07, 6.45) is 0.361. The second-order valence-electron chi connectivity index (χ2n) is 4.60. The fourth-order valence-electron chi connectivity index (χ4n) is 2.17. The average molecular weight is 262 g/mol. The zero-order chi connectivity index (χ0) is 14.0. The zero-order valence-electron chi connectivity index (χ0n) is 11.1. The van der Waals surface area contributed by atoms with Crippen LogP contribution in [0.3, 0.4) is 0 Å². The van der Waals surface area contributed by atoms with Crippen molar-refractivity contribution in [3.63, 3.8) is 0 Å². The van der Waals surface area contributed by atoms with Crippen LogP contribution < -0.4 is 21.3 Å². The molecule has 1 aliphatic rings. The van der Waals surface area contributed by atoms with E-state index in [2.05, 4.69) is 10.6 Å². The number of likely N-dealkylation sites (N-methyl/N-ethyl adjacent to an activating group) is 2. The third-order valence-electron chi connectivity index (χ3n) is 3.04. The second-order valence-corrected chi connectivity index (χ2v) is 4.60. The average Bonchev–Trinajstić information content (AvgIpc) is 2.67. The van der Waals surface area contributed by atoms with Crippen molar-refractivity contribution < 1.29 is 9.59 Å². The molecule has 0 spiro atoms. The Hall–Kier alpha value is -2.24. The molecular formula is C13H18N4O2. The van der Waals surface area contributed by atoms with Crippen LogP contribution in [0, 0.1) is 0 Å². The molecule has 1 aliphatic heterocycles. The quantitative estimate of drug-likeness (QED) is 0.683. The van der Waals surface area contributed by atoms with Gasteiger partial charge in [0.2, 0.25) is 11.8 Å². The van der Waals surface area contributed by atoms with E-state index >= 15 is 0 Å². The third-order valence-corrected chi connectivity index (χ3v) is 3.04. The molecule has 0 bridgehead atoms. The smallest absolute Gasteiger partial charge is 0.239 e. The first-order chi connectivity index (χ1) is 9.01. The van der Waals surface area contributed by atoms with E-state index in [1.165, 1.54) is 0 Å². The molecule has 0 saturated carbocycles. The summed E-state index contributed by atoms with van der Waals surface area (Å²) in [5.41, 5.74) is 8.97. The van der Waals surface area contributed by atoms with E-state index in [4.69, 9.17) is 5.73 Å². The van der Waals surface area contributed by atoms with Crippen LogP contribution in [0.5, 0.6) is 0 Å². The number of anilines is 3. The molecular weight excluding hydrogens is 244 g/mol. The number of carbonyl (C=O) groups excluding carboxylic acids is 2. The van der Waals surface area contributed by atoms with Gasteiger partial charge < -0.3 is 21.3 Å². The Bertz CT molecular complexity index is 528. The minimum Gasteiger partial charge on any atom is -0.397 e. The van der Waals surface area contributed by atoms with Crippen molar-refractivity contribution in [2.75, 3.05) is 36.1 Å². The molecule has 0 unspecified atom stereocenters. The number of fused-ring (bicyclic) bond motifs is 1. The van der Waals surface area contributed by atoms with Crippen molar-refractivity contribution >= 4 is 28.9 Å². The van der Waals surface area contributed by atoms with Crippen molar-refractivity contribution in [2.45, 2.75) is 13.3 Å². The van der Waals surface area contributed by atoms with E-state index in [9.17, 15) is 9.59 Å². The van der Waals surface area contributed by atoms with Crippen molar-refractivity contribution in [3.05, 3.63) is 17.7 Å². The van der Waals surface area contributed by atoms with Crippen molar-refractivity contribution in [3.8, 4) is 0 Å². The van der Waals surface area contributed by atoms with Crippen LogP contribution in [0.1, 0.15) is 12.5 Å². The van der Waals surface area contributed by atoms with Crippen LogP contribution in [0.25, 0.3) is 0 Å². The van der Waals surface area contributed by atoms with E-state index in [1.54, 1.807) is 18.0 Å². The maximum absolute atomic E-state index is 11.6. The standard InChI is InChI=1S/C13H18N4O2/c1-3-15-13(19)7-17(2)11-6-10-8(4-9(11)14)5-12(18)16-10/h4,6H,3,5,7,14H2,1-2H3,(H,15,19)(H,16,18). The van der Waals surface area contributed by atoms with Crippen LogP contribution in [0.4, 0.5) is 17.1 Å². The molecule has 6 heteroatoms. The summed E-state index contributed by atoms with van der Waals surface area (Å²) in [5, 5.41) is 5.51. The Labute approximate surface area is 112 Å². The minimum absolute atomic E-state index is 0.0297. The predicted octanol–water partition coefficient (Wildman–Crippen LogP) is 0.336. The van der Waals surface area contributed by atoms with Gasteiger partial charge in [-0.25, -0.2) is 0 Å². The molecule has 1 heterocycles. The maximum Gasteiger partial charge on any atom is 0.239 e.